The quantitative estimate of drug-likeness (QED) is 0.0261. The molecule has 0 saturated heterocycles. The van der Waals surface area contributed by atoms with Gasteiger partial charge in [-0.2, -0.15) is 0 Å². The van der Waals surface area contributed by atoms with Crippen LogP contribution in [0.25, 0.3) is 0 Å². The second kappa shape index (κ2) is 64.9. The van der Waals surface area contributed by atoms with Crippen molar-refractivity contribution in [1.29, 1.82) is 0 Å². The highest BCUT2D eigenvalue weighted by Gasteiger charge is 2.19. The van der Waals surface area contributed by atoms with Gasteiger partial charge in [-0.3, -0.25) is 14.4 Å². The fourth-order valence-corrected chi connectivity index (χ4v) is 10.1. The van der Waals surface area contributed by atoms with Crippen LogP contribution in [0, 0.1) is 0 Å². The van der Waals surface area contributed by atoms with Crippen LogP contribution >= 0.6 is 0 Å². The lowest BCUT2D eigenvalue weighted by molar-refractivity contribution is -0.167. The summed E-state index contributed by atoms with van der Waals surface area (Å²) in [6.07, 6.45) is 81.3. The number of carbonyl (C=O) groups is 3. The van der Waals surface area contributed by atoms with Gasteiger partial charge in [-0.1, -0.05) is 333 Å². The molecule has 6 heteroatoms. The molecule has 1 unspecified atom stereocenters. The summed E-state index contributed by atoms with van der Waals surface area (Å²) in [6, 6.07) is 0. The maximum Gasteiger partial charge on any atom is 0.306 e. The minimum absolute atomic E-state index is 0.0782. The summed E-state index contributed by atoms with van der Waals surface area (Å²) in [4.78, 5) is 38.3. The molecule has 0 radical (unpaired) electrons. The third-order valence-electron chi connectivity index (χ3n) is 15.1. The number of carbonyl (C=O) groups excluding carboxylic acids is 3. The Balaban J connectivity index is 4.26. The molecule has 0 bridgehead atoms. The van der Waals surface area contributed by atoms with Crippen LogP contribution in [0.3, 0.4) is 0 Å². The molecular formula is C70H128O6. The Morgan fingerprint density at radius 2 is 0.513 bits per heavy atom. The molecule has 0 spiro atoms. The van der Waals surface area contributed by atoms with E-state index in [9.17, 15) is 14.4 Å². The Labute approximate surface area is 473 Å². The van der Waals surface area contributed by atoms with Crippen LogP contribution in [0.5, 0.6) is 0 Å². The molecule has 0 rings (SSSR count). The highest BCUT2D eigenvalue weighted by atomic mass is 16.6. The van der Waals surface area contributed by atoms with Gasteiger partial charge in [-0.15, -0.1) is 0 Å². The minimum atomic E-state index is -0.784. The largest absolute Gasteiger partial charge is 0.462 e. The van der Waals surface area contributed by atoms with Crippen LogP contribution in [0.1, 0.15) is 361 Å². The highest BCUT2D eigenvalue weighted by Crippen LogP contribution is 2.18. The van der Waals surface area contributed by atoms with E-state index in [-0.39, 0.29) is 31.1 Å². The summed E-state index contributed by atoms with van der Waals surface area (Å²) >= 11 is 0. The Morgan fingerprint density at radius 1 is 0.276 bits per heavy atom. The number of esters is 3. The fraction of sp³-hybridized carbons (Fsp3) is 0.843. The van der Waals surface area contributed by atoms with Gasteiger partial charge in [0.25, 0.3) is 0 Å². The summed E-state index contributed by atoms with van der Waals surface area (Å²) in [5.74, 6) is -0.877. The molecule has 444 valence electrons. The van der Waals surface area contributed by atoms with Gasteiger partial charge in [0.05, 0.1) is 0 Å². The van der Waals surface area contributed by atoms with Crippen LogP contribution in [0.4, 0.5) is 0 Å². The highest BCUT2D eigenvalue weighted by molar-refractivity contribution is 5.71. The Bertz CT molecular complexity index is 1310. The average molecular weight is 1070 g/mol. The molecule has 0 saturated carbocycles. The van der Waals surface area contributed by atoms with E-state index in [0.717, 1.165) is 96.3 Å². The summed E-state index contributed by atoms with van der Waals surface area (Å²) in [6.45, 7) is 6.57. The van der Waals surface area contributed by atoms with E-state index in [0.29, 0.717) is 19.3 Å². The first-order chi connectivity index (χ1) is 37.5. The van der Waals surface area contributed by atoms with Gasteiger partial charge in [0.15, 0.2) is 6.10 Å². The number of allylic oxidation sites excluding steroid dienone is 8. The maximum absolute atomic E-state index is 12.9. The van der Waals surface area contributed by atoms with E-state index >= 15 is 0 Å². The van der Waals surface area contributed by atoms with E-state index < -0.39 is 6.10 Å². The Morgan fingerprint density at radius 3 is 0.803 bits per heavy atom. The van der Waals surface area contributed by atoms with E-state index in [4.69, 9.17) is 14.2 Å². The molecule has 1 atom stereocenters. The molecule has 0 aliphatic rings. The van der Waals surface area contributed by atoms with Gasteiger partial charge in [0.2, 0.25) is 0 Å². The molecule has 0 aromatic rings. The monoisotopic (exact) mass is 1060 g/mol. The van der Waals surface area contributed by atoms with Crippen LogP contribution in [0.2, 0.25) is 0 Å². The lowest BCUT2D eigenvalue weighted by Crippen LogP contribution is -2.30. The molecule has 0 N–H and O–H groups in total. The topological polar surface area (TPSA) is 78.9 Å². The van der Waals surface area contributed by atoms with E-state index in [1.807, 2.05) is 0 Å². The van der Waals surface area contributed by atoms with Gasteiger partial charge in [0, 0.05) is 19.3 Å². The molecule has 0 aromatic carbocycles. The zero-order valence-corrected chi connectivity index (χ0v) is 51.0. The number of rotatable bonds is 62. The molecule has 0 fully saturated rings. The Hall–Kier alpha value is -2.63. The molecule has 0 aromatic heterocycles. The predicted molar refractivity (Wildman–Crippen MR) is 330 cm³/mol. The molecule has 0 aliphatic heterocycles. The number of hydrogen-bond acceptors (Lipinski definition) is 6. The van der Waals surface area contributed by atoms with Gasteiger partial charge in [0.1, 0.15) is 13.2 Å². The van der Waals surface area contributed by atoms with Crippen molar-refractivity contribution in [3.63, 3.8) is 0 Å². The first-order valence-electron chi connectivity index (χ1n) is 33.6. The van der Waals surface area contributed by atoms with Crippen molar-refractivity contribution in [2.75, 3.05) is 13.2 Å². The van der Waals surface area contributed by atoms with Crippen LogP contribution in [0.15, 0.2) is 48.6 Å². The molecule has 76 heavy (non-hydrogen) atoms. The predicted octanol–water partition coefficient (Wildman–Crippen LogP) is 22.9. The van der Waals surface area contributed by atoms with Crippen molar-refractivity contribution in [1.82, 2.24) is 0 Å². The van der Waals surface area contributed by atoms with Gasteiger partial charge in [-0.05, 0) is 57.8 Å². The molecule has 0 aliphatic carbocycles. The number of unbranched alkanes of at least 4 members (excludes halogenated alkanes) is 43. The van der Waals surface area contributed by atoms with Crippen LogP contribution < -0.4 is 0 Å². The maximum atomic E-state index is 12.9. The standard InChI is InChI=1S/C70H128O6/c1-4-7-10-13-16-19-22-25-28-30-31-32-33-34-35-36-37-38-40-42-45-48-51-54-57-60-63-69(72)75-66-67(65-74-68(71)62-59-56-53-50-47-44-41-27-24-21-18-15-12-9-6-3)76-70(73)64-61-58-55-52-49-46-43-39-29-26-23-20-17-14-11-8-5-2/h8,11,17,20,26,29,43,46,67H,4-7,9-10,12-16,18-19,21-25,27-28,30-42,44-45,47-66H2,1-3H3/b11-8-,20-17-,29-26-,46-43-. The lowest BCUT2D eigenvalue weighted by Gasteiger charge is -2.18. The minimum Gasteiger partial charge on any atom is -0.462 e. The van der Waals surface area contributed by atoms with Crippen molar-refractivity contribution in [3.8, 4) is 0 Å². The zero-order valence-electron chi connectivity index (χ0n) is 51.0. The smallest absolute Gasteiger partial charge is 0.306 e. The SMILES string of the molecule is CC/C=C\C/C=C\C/C=C\C/C=C\CCCCCCC(=O)OC(COC(=O)CCCCCCCCCCCCCCCCC)COC(=O)CCCCCCCCCCCCCCCCCCCCCCCCCCCC. The second-order valence-corrected chi connectivity index (χ2v) is 22.7. The van der Waals surface area contributed by atoms with Crippen LogP contribution in [-0.2, 0) is 28.6 Å². The molecule has 6 nitrogen and oxygen atoms in total. The normalized spacial score (nSPS) is 12.3. The lowest BCUT2D eigenvalue weighted by atomic mass is 10.0. The van der Waals surface area contributed by atoms with Crippen molar-refractivity contribution in [2.45, 2.75) is 367 Å². The summed E-state index contributed by atoms with van der Waals surface area (Å²) < 4.78 is 16.9. The first-order valence-corrected chi connectivity index (χ1v) is 33.6. The van der Waals surface area contributed by atoms with Crippen molar-refractivity contribution >= 4 is 17.9 Å². The third kappa shape index (κ3) is 62.2. The Kier molecular flexibility index (Phi) is 62.6. The summed E-state index contributed by atoms with van der Waals surface area (Å²) in [5, 5.41) is 0. The molecule has 0 amide bonds. The summed E-state index contributed by atoms with van der Waals surface area (Å²) in [5.41, 5.74) is 0. The number of ether oxygens (including phenoxy) is 3. The van der Waals surface area contributed by atoms with Gasteiger partial charge < -0.3 is 14.2 Å². The van der Waals surface area contributed by atoms with Crippen molar-refractivity contribution in [3.05, 3.63) is 48.6 Å². The van der Waals surface area contributed by atoms with Gasteiger partial charge >= 0.3 is 17.9 Å². The van der Waals surface area contributed by atoms with Crippen LogP contribution in [-0.4, -0.2) is 37.2 Å². The molecule has 0 heterocycles. The average Bonchev–Trinajstić information content (AvgIpc) is 3.42. The summed E-state index contributed by atoms with van der Waals surface area (Å²) in [7, 11) is 0. The van der Waals surface area contributed by atoms with Crippen molar-refractivity contribution in [2.24, 2.45) is 0 Å². The molecular weight excluding hydrogens is 937 g/mol. The first kappa shape index (κ1) is 73.4. The zero-order chi connectivity index (χ0) is 55.0. The fourth-order valence-electron chi connectivity index (χ4n) is 10.1. The number of hydrogen-bond donors (Lipinski definition) is 0. The van der Waals surface area contributed by atoms with E-state index in [2.05, 4.69) is 69.4 Å². The van der Waals surface area contributed by atoms with Gasteiger partial charge in [-0.25, -0.2) is 0 Å². The van der Waals surface area contributed by atoms with E-state index in [1.165, 1.54) is 225 Å². The van der Waals surface area contributed by atoms with Crippen molar-refractivity contribution < 1.29 is 28.6 Å². The third-order valence-corrected chi connectivity index (χ3v) is 15.1. The second-order valence-electron chi connectivity index (χ2n) is 22.7. The van der Waals surface area contributed by atoms with E-state index in [1.54, 1.807) is 0 Å².